The monoisotopic (exact) mass is 827 g/mol. The molecule has 2 aliphatic carbocycles. The molecule has 1 atom stereocenters. The van der Waals surface area contributed by atoms with E-state index in [9.17, 15) is 14.4 Å². The molecule has 0 saturated heterocycles. The molecule has 0 bridgehead atoms. The highest BCUT2D eigenvalue weighted by Crippen LogP contribution is 2.23. The van der Waals surface area contributed by atoms with Crippen molar-refractivity contribution in [2.24, 2.45) is 53.4 Å². The third-order valence-corrected chi connectivity index (χ3v) is 8.82. The van der Waals surface area contributed by atoms with Gasteiger partial charge >= 0.3 is 11.9 Å². The van der Waals surface area contributed by atoms with Crippen LogP contribution in [0.2, 0.25) is 0 Å². The van der Waals surface area contributed by atoms with Gasteiger partial charge in [0.2, 0.25) is 0 Å². The van der Waals surface area contributed by atoms with E-state index in [0.717, 1.165) is 94.9 Å². The summed E-state index contributed by atoms with van der Waals surface area (Å²) in [6.07, 6.45) is 25.2. The number of carbonyl (C=O) groups is 3. The van der Waals surface area contributed by atoms with Crippen LogP contribution in [0.25, 0.3) is 0 Å². The van der Waals surface area contributed by atoms with Crippen molar-refractivity contribution in [2.45, 2.75) is 158 Å². The van der Waals surface area contributed by atoms with Gasteiger partial charge in [-0.1, -0.05) is 78.7 Å². The van der Waals surface area contributed by atoms with E-state index in [1.165, 1.54) is 35.1 Å². The summed E-state index contributed by atoms with van der Waals surface area (Å²) in [5.74, 6) is -0.857. The van der Waals surface area contributed by atoms with Crippen molar-refractivity contribution in [1.82, 2.24) is 5.32 Å². The molecule has 1 unspecified atom stereocenters. The van der Waals surface area contributed by atoms with E-state index in [4.69, 9.17) is 26.3 Å². The van der Waals surface area contributed by atoms with E-state index in [-0.39, 0.29) is 17.7 Å². The lowest BCUT2D eigenvalue weighted by molar-refractivity contribution is -0.152. The first-order valence-corrected chi connectivity index (χ1v) is 20.9. The molecule has 5 N–H and O–H groups in total. The Bertz CT molecular complexity index is 1430. The number of ether oxygens (including phenoxy) is 2. The molecule has 0 aromatic rings. The molecule has 0 aliphatic heterocycles. The van der Waals surface area contributed by atoms with E-state index < -0.39 is 5.92 Å². The number of nitrogens with one attached hydrogen (secondary N) is 3. The van der Waals surface area contributed by atoms with Crippen LogP contribution < -0.4 is 11.1 Å². The average molecular weight is 827 g/mol. The molecule has 0 heterocycles. The summed E-state index contributed by atoms with van der Waals surface area (Å²) < 4.78 is 10.1. The normalized spacial score (nSPS) is 17.6. The number of allylic oxidation sites excluding steroid dienone is 7. The van der Waals surface area contributed by atoms with Crippen molar-refractivity contribution in [1.29, 1.82) is 11.1 Å². The van der Waals surface area contributed by atoms with E-state index in [1.807, 2.05) is 6.92 Å². The zero-order chi connectivity index (χ0) is 44.5. The number of carbonyl (C=O) groups excluding carboxylic acids is 3. The lowest BCUT2D eigenvalue weighted by Gasteiger charge is -2.18. The summed E-state index contributed by atoms with van der Waals surface area (Å²) >= 11 is 0. The highest BCUT2D eigenvalue weighted by molar-refractivity contribution is 5.99. The van der Waals surface area contributed by atoms with E-state index in [2.05, 4.69) is 113 Å². The number of rotatable bonds is 18. The molecule has 17 heteroatoms. The molecular formula is C42H74N12O5. The van der Waals surface area contributed by atoms with Crippen molar-refractivity contribution in [3.8, 4) is 0 Å². The summed E-state index contributed by atoms with van der Waals surface area (Å²) in [4.78, 5) is 35.2. The quantitative estimate of drug-likeness (QED) is 0.0341. The summed E-state index contributed by atoms with van der Waals surface area (Å²) in [6, 6.07) is 0. The first-order valence-electron chi connectivity index (χ1n) is 20.9. The second-order valence-electron chi connectivity index (χ2n) is 14.4. The van der Waals surface area contributed by atoms with E-state index in [1.54, 1.807) is 6.92 Å². The molecule has 1 fully saturated rings. The van der Waals surface area contributed by atoms with Crippen LogP contribution in [0.1, 0.15) is 158 Å². The number of nitrogens with two attached hydrogens (primary N) is 1. The Hall–Kier alpha value is -4.93. The summed E-state index contributed by atoms with van der Waals surface area (Å²) in [6.45, 7) is 18.7. The number of Topliss-reactive ketones (excluding diaryl/α,β-unsaturated/α-hetero) is 1. The van der Waals surface area contributed by atoms with Crippen LogP contribution in [-0.2, 0) is 23.9 Å². The largest absolute Gasteiger partial charge is 0.465 e. The average Bonchev–Trinajstić information content (AvgIpc) is 3.16. The van der Waals surface area contributed by atoms with Crippen molar-refractivity contribution in [3.63, 3.8) is 0 Å². The van der Waals surface area contributed by atoms with Crippen LogP contribution in [0.4, 0.5) is 0 Å². The van der Waals surface area contributed by atoms with Gasteiger partial charge < -0.3 is 20.5 Å². The molecule has 2 aliphatic rings. The van der Waals surface area contributed by atoms with Gasteiger partial charge in [-0.2, -0.15) is 11.1 Å². The molecular weight excluding hydrogens is 753 g/mol. The summed E-state index contributed by atoms with van der Waals surface area (Å²) in [5, 5.41) is 25.3. The minimum Gasteiger partial charge on any atom is -0.465 e. The summed E-state index contributed by atoms with van der Waals surface area (Å²) in [7, 11) is 0. The standard InChI is InChI=1S/C21H35NO2.C11H18O3.C10H19N.H2N10/c1-5-24-21(23)19-13-8-6-7-9-14-20(19)22-16-15-18(4)12-10-11-17(2)3;1-2-14-11(13)9-7-5-3-4-6-8-10(9)12;1-9(2)5-4-6-10(3)7-8-11;1-3-5-7-9-10-8-6-4-2/h11,15,22H,5-10,12-14,16H2,1-4H3;9H,2-8H2,1H3;5,7H,4,6,8,11H2,1-3H3;1-2H/b18-15+,20-19-;;10-7+;3-1?,4-2?,7-5+,8-6+,10-9+. The topological polar surface area (TPSA) is 254 Å². The van der Waals surface area contributed by atoms with Crippen molar-refractivity contribution >= 4 is 17.7 Å². The lowest BCUT2D eigenvalue weighted by Crippen LogP contribution is -2.27. The van der Waals surface area contributed by atoms with Gasteiger partial charge in [-0.15, -0.1) is 0 Å². The molecule has 59 heavy (non-hydrogen) atoms. The van der Waals surface area contributed by atoms with Gasteiger partial charge in [0.25, 0.3) is 0 Å². The minimum atomic E-state index is -0.477. The maximum Gasteiger partial charge on any atom is 0.335 e. The van der Waals surface area contributed by atoms with Gasteiger partial charge in [-0.3, -0.25) is 9.59 Å². The molecule has 2 rings (SSSR count). The fraction of sp³-hybridized carbons (Fsp3) is 0.690. The van der Waals surface area contributed by atoms with Crippen molar-refractivity contribution in [2.75, 3.05) is 26.3 Å². The van der Waals surface area contributed by atoms with Crippen molar-refractivity contribution < 1.29 is 23.9 Å². The fourth-order valence-corrected chi connectivity index (χ4v) is 5.77. The molecule has 17 nitrogen and oxygen atoms in total. The van der Waals surface area contributed by atoms with Crippen molar-refractivity contribution in [3.05, 3.63) is 57.9 Å². The third-order valence-electron chi connectivity index (χ3n) is 8.82. The first-order chi connectivity index (χ1) is 28.4. The minimum absolute atomic E-state index is 0.0724. The molecule has 332 valence electrons. The molecule has 1 saturated carbocycles. The van der Waals surface area contributed by atoms with Gasteiger partial charge in [0.15, 0.2) is 0 Å². The molecule has 0 aromatic heterocycles. The maximum atomic E-state index is 12.2. The Morgan fingerprint density at radius 3 is 1.68 bits per heavy atom. The molecule has 0 spiro atoms. The number of nitrogens with zero attached hydrogens (tertiary/aromatic N) is 8. The predicted octanol–water partition coefficient (Wildman–Crippen LogP) is 12.2. The molecule has 0 amide bonds. The smallest absolute Gasteiger partial charge is 0.335 e. The zero-order valence-corrected chi connectivity index (χ0v) is 37.2. The van der Waals surface area contributed by atoms with E-state index in [0.29, 0.717) is 32.6 Å². The zero-order valence-electron chi connectivity index (χ0n) is 37.2. The molecule has 0 aromatic carbocycles. The SMILES string of the molecule is CC(C)=CCC/C(C)=C/CN.CCOC(=O)/C1=C(\NC/C=C(\C)CCC=C(C)C)CCCCCC1.CCOC(=O)C1CCCCCCC1=O.N=N/N=N/N=N/N=N/N=N. The highest BCUT2D eigenvalue weighted by atomic mass is 16.5. The Balaban J connectivity index is 0. The highest BCUT2D eigenvalue weighted by Gasteiger charge is 2.27. The van der Waals surface area contributed by atoms with Crippen LogP contribution in [-0.4, -0.2) is 44.0 Å². The Kier molecular flexibility index (Phi) is 38.0. The summed E-state index contributed by atoms with van der Waals surface area (Å²) in [5.41, 5.74) is 25.0. The second kappa shape index (κ2) is 39.9. The van der Waals surface area contributed by atoms with Crippen LogP contribution >= 0.6 is 0 Å². The Morgan fingerprint density at radius 1 is 0.678 bits per heavy atom. The van der Waals surface area contributed by atoms with Gasteiger partial charge in [-0.05, 0) is 161 Å². The fourth-order valence-electron chi connectivity index (χ4n) is 5.77. The van der Waals surface area contributed by atoms with Crippen LogP contribution in [0.5, 0.6) is 0 Å². The maximum absolute atomic E-state index is 12.2. The van der Waals surface area contributed by atoms with Gasteiger partial charge in [-0.25, -0.2) is 4.79 Å². The Morgan fingerprint density at radius 2 is 1.17 bits per heavy atom. The van der Waals surface area contributed by atoms with Gasteiger partial charge in [0, 0.05) is 25.2 Å². The lowest BCUT2D eigenvalue weighted by atomic mass is 9.90. The predicted molar refractivity (Wildman–Crippen MR) is 231 cm³/mol. The molecule has 0 radical (unpaired) electrons. The third kappa shape index (κ3) is 34.8. The first kappa shape index (κ1) is 56.2. The number of hydrogen-bond donors (Lipinski definition) is 4. The van der Waals surface area contributed by atoms with Gasteiger partial charge in [0.05, 0.1) is 18.8 Å². The van der Waals surface area contributed by atoms with E-state index >= 15 is 0 Å². The van der Waals surface area contributed by atoms with Crippen LogP contribution in [0.3, 0.4) is 0 Å². The second-order valence-corrected chi connectivity index (χ2v) is 14.4. The Labute approximate surface area is 353 Å². The van der Waals surface area contributed by atoms with Crippen LogP contribution in [0, 0.1) is 17.0 Å². The number of ketones is 1. The van der Waals surface area contributed by atoms with Crippen LogP contribution in [0.15, 0.2) is 99.7 Å². The van der Waals surface area contributed by atoms with Gasteiger partial charge in [0.1, 0.15) is 11.7 Å². The number of esters is 2. The number of hydrogen-bond acceptors (Lipinski definition) is 9.